The number of rotatable bonds is 4. The Balaban J connectivity index is 0.000000142. The Kier molecular flexibility index (Phi) is 6.68. The van der Waals surface area contributed by atoms with Crippen molar-refractivity contribution in [3.8, 4) is 0 Å². The van der Waals surface area contributed by atoms with Crippen molar-refractivity contribution < 1.29 is 17.6 Å². The molecule has 0 unspecified atom stereocenters. The summed E-state index contributed by atoms with van der Waals surface area (Å²) in [6, 6.07) is 9.65. The Morgan fingerprint density at radius 3 is 1.26 bits per heavy atom. The molecule has 34 heavy (non-hydrogen) atoms. The van der Waals surface area contributed by atoms with Crippen molar-refractivity contribution in [1.29, 1.82) is 0 Å². The molecular formula is C26H32F4N4. The van der Waals surface area contributed by atoms with Gasteiger partial charge in [0.05, 0.1) is 12.1 Å². The fourth-order valence-electron chi connectivity index (χ4n) is 5.58. The predicted octanol–water partition coefficient (Wildman–Crippen LogP) is 4.40. The highest BCUT2D eigenvalue weighted by Gasteiger charge is 2.42. The van der Waals surface area contributed by atoms with Crippen molar-refractivity contribution in [2.24, 2.45) is 11.5 Å². The number of hydrogen-bond acceptors (Lipinski definition) is 4. The quantitative estimate of drug-likeness (QED) is 0.643. The number of nitrogens with zero attached hydrogens (tertiary/aromatic N) is 2. The van der Waals surface area contributed by atoms with E-state index < -0.39 is 23.3 Å². The van der Waals surface area contributed by atoms with Crippen LogP contribution in [0.5, 0.6) is 0 Å². The van der Waals surface area contributed by atoms with Crippen molar-refractivity contribution >= 4 is 0 Å². The highest BCUT2D eigenvalue weighted by Crippen LogP contribution is 2.41. The molecule has 0 amide bonds. The van der Waals surface area contributed by atoms with Gasteiger partial charge in [-0.25, -0.2) is 17.6 Å². The Labute approximate surface area is 197 Å². The van der Waals surface area contributed by atoms with E-state index in [1.165, 1.54) is 49.9 Å². The fraction of sp³-hybridized carbons (Fsp3) is 0.538. The third-order valence-electron chi connectivity index (χ3n) is 7.57. The van der Waals surface area contributed by atoms with E-state index in [1.807, 2.05) is 0 Å². The number of hydrogen-bond donors (Lipinski definition) is 2. The third-order valence-corrected chi connectivity index (χ3v) is 7.57. The monoisotopic (exact) mass is 476 g/mol. The standard InChI is InChI=1S/2C13H16F2N2/c2*14-10-4-1-8(7-11(10)15)13-12(16)5-6-17(13)9-2-3-9/h2*1,4,7,9,12-13H,2-3,5-6,16H2/t2*12-,13+/m10/s1. The zero-order chi connectivity index (χ0) is 24.0. The predicted molar refractivity (Wildman–Crippen MR) is 123 cm³/mol. The van der Waals surface area contributed by atoms with Gasteiger partial charge in [0.25, 0.3) is 0 Å². The van der Waals surface area contributed by atoms with Crippen LogP contribution in [0, 0.1) is 23.3 Å². The molecule has 2 aliphatic heterocycles. The number of likely N-dealkylation sites (tertiary alicyclic amines) is 2. The summed E-state index contributed by atoms with van der Waals surface area (Å²) in [5, 5.41) is 0. The molecule has 2 aromatic carbocycles. The molecule has 0 radical (unpaired) electrons. The Morgan fingerprint density at radius 1 is 0.559 bits per heavy atom. The molecule has 4 N–H and O–H groups in total. The molecule has 0 aromatic heterocycles. The Hall–Kier alpha value is -2.00. The molecular weight excluding hydrogens is 444 g/mol. The molecule has 8 heteroatoms. The van der Waals surface area contributed by atoms with E-state index in [-0.39, 0.29) is 24.2 Å². The van der Waals surface area contributed by atoms with Gasteiger partial charge < -0.3 is 11.5 Å². The summed E-state index contributed by atoms with van der Waals surface area (Å²) in [7, 11) is 0. The molecule has 4 nitrogen and oxygen atoms in total. The van der Waals surface area contributed by atoms with Gasteiger partial charge in [-0.3, -0.25) is 9.80 Å². The minimum absolute atomic E-state index is 0.0282. The zero-order valence-electron chi connectivity index (χ0n) is 19.1. The van der Waals surface area contributed by atoms with Gasteiger partial charge in [-0.2, -0.15) is 0 Å². The van der Waals surface area contributed by atoms with E-state index in [0.717, 1.165) is 37.1 Å². The molecule has 184 valence electrons. The van der Waals surface area contributed by atoms with E-state index in [1.54, 1.807) is 12.1 Å². The lowest BCUT2D eigenvalue weighted by Crippen LogP contribution is -2.33. The second-order valence-corrected chi connectivity index (χ2v) is 10.1. The Bertz CT molecular complexity index is 944. The summed E-state index contributed by atoms with van der Waals surface area (Å²) >= 11 is 0. The SMILES string of the molecule is N[C@@H]1CCN(C2CC2)[C@H]1c1ccc(F)c(F)c1.N[C@H]1CCN(C2CC2)[C@@H]1c1ccc(F)c(F)c1. The lowest BCUT2D eigenvalue weighted by Gasteiger charge is -2.27. The molecule has 0 spiro atoms. The van der Waals surface area contributed by atoms with Gasteiger partial charge in [0.15, 0.2) is 23.3 Å². The maximum atomic E-state index is 13.3. The van der Waals surface area contributed by atoms with Gasteiger partial charge in [-0.15, -0.1) is 0 Å². The van der Waals surface area contributed by atoms with Crippen LogP contribution in [0.1, 0.15) is 61.7 Å². The van der Waals surface area contributed by atoms with Crippen LogP contribution in [0.15, 0.2) is 36.4 Å². The van der Waals surface area contributed by atoms with Crippen LogP contribution < -0.4 is 11.5 Å². The van der Waals surface area contributed by atoms with Crippen LogP contribution in [0.2, 0.25) is 0 Å². The minimum atomic E-state index is -0.793. The summed E-state index contributed by atoms with van der Waals surface area (Å²) in [5.41, 5.74) is 13.8. The van der Waals surface area contributed by atoms with E-state index in [2.05, 4.69) is 9.80 Å². The molecule has 2 aliphatic carbocycles. The van der Waals surface area contributed by atoms with Crippen LogP contribution in [-0.2, 0) is 0 Å². The Morgan fingerprint density at radius 2 is 0.941 bits per heavy atom. The van der Waals surface area contributed by atoms with Crippen molar-refractivity contribution in [1.82, 2.24) is 9.80 Å². The van der Waals surface area contributed by atoms with Crippen molar-refractivity contribution in [2.75, 3.05) is 13.1 Å². The third kappa shape index (κ3) is 4.87. The first-order valence-corrected chi connectivity index (χ1v) is 12.3. The lowest BCUT2D eigenvalue weighted by atomic mass is 10.0. The zero-order valence-corrected chi connectivity index (χ0v) is 19.1. The minimum Gasteiger partial charge on any atom is -0.326 e. The second kappa shape index (κ2) is 9.57. The number of benzene rings is 2. The summed E-state index contributed by atoms with van der Waals surface area (Å²) in [6.45, 7) is 1.94. The molecule has 2 saturated carbocycles. The lowest BCUT2D eigenvalue weighted by molar-refractivity contribution is 0.236. The maximum absolute atomic E-state index is 13.3. The molecule has 2 heterocycles. The van der Waals surface area contributed by atoms with Gasteiger partial charge in [-0.1, -0.05) is 12.1 Å². The van der Waals surface area contributed by atoms with Gasteiger partial charge in [0, 0.05) is 37.3 Å². The highest BCUT2D eigenvalue weighted by molar-refractivity contribution is 5.26. The summed E-state index contributed by atoms with van der Waals surface area (Å²) < 4.78 is 52.4. The van der Waals surface area contributed by atoms with Crippen LogP contribution in [0.3, 0.4) is 0 Å². The van der Waals surface area contributed by atoms with Gasteiger partial charge in [0.1, 0.15) is 0 Å². The molecule has 4 aliphatic rings. The fourth-order valence-corrected chi connectivity index (χ4v) is 5.58. The normalized spacial score (nSPS) is 29.8. The van der Waals surface area contributed by atoms with Crippen LogP contribution >= 0.6 is 0 Å². The molecule has 4 atom stereocenters. The van der Waals surface area contributed by atoms with Gasteiger partial charge in [-0.05, 0) is 73.9 Å². The topological polar surface area (TPSA) is 58.5 Å². The van der Waals surface area contributed by atoms with Crippen LogP contribution in [-0.4, -0.2) is 47.1 Å². The number of halogens is 4. The molecule has 0 bridgehead atoms. The average Bonchev–Trinajstić information content (AvgIpc) is 3.75. The average molecular weight is 477 g/mol. The van der Waals surface area contributed by atoms with Crippen LogP contribution in [0.25, 0.3) is 0 Å². The molecule has 2 saturated heterocycles. The van der Waals surface area contributed by atoms with E-state index in [9.17, 15) is 17.6 Å². The first-order chi connectivity index (χ1) is 16.3. The first-order valence-electron chi connectivity index (χ1n) is 12.3. The summed E-state index contributed by atoms with van der Waals surface area (Å²) in [5.74, 6) is -3.15. The molecule has 6 rings (SSSR count). The van der Waals surface area contributed by atoms with E-state index in [0.29, 0.717) is 12.1 Å². The van der Waals surface area contributed by atoms with Gasteiger partial charge >= 0.3 is 0 Å². The van der Waals surface area contributed by atoms with Crippen molar-refractivity contribution in [3.63, 3.8) is 0 Å². The summed E-state index contributed by atoms with van der Waals surface area (Å²) in [6.07, 6.45) is 6.67. The van der Waals surface area contributed by atoms with E-state index in [4.69, 9.17) is 11.5 Å². The summed E-state index contributed by atoms with van der Waals surface area (Å²) in [4.78, 5) is 4.69. The van der Waals surface area contributed by atoms with Gasteiger partial charge in [0.2, 0.25) is 0 Å². The van der Waals surface area contributed by atoms with Crippen LogP contribution in [0.4, 0.5) is 17.6 Å². The molecule has 2 aromatic rings. The maximum Gasteiger partial charge on any atom is 0.159 e. The molecule has 4 fully saturated rings. The van der Waals surface area contributed by atoms with Crippen molar-refractivity contribution in [2.45, 2.75) is 74.8 Å². The smallest absolute Gasteiger partial charge is 0.159 e. The highest BCUT2D eigenvalue weighted by atomic mass is 19.2. The number of nitrogens with two attached hydrogens (primary N) is 2. The van der Waals surface area contributed by atoms with Crippen molar-refractivity contribution in [3.05, 3.63) is 70.8 Å². The van der Waals surface area contributed by atoms with E-state index >= 15 is 0 Å². The largest absolute Gasteiger partial charge is 0.326 e. The first kappa shape index (κ1) is 23.7. The second-order valence-electron chi connectivity index (χ2n) is 10.1.